The van der Waals surface area contributed by atoms with Crippen LogP contribution in [0.25, 0.3) is 22.9 Å². The first-order valence-corrected chi connectivity index (χ1v) is 8.33. The Labute approximate surface area is 153 Å². The number of hydrogen-bond acceptors (Lipinski definition) is 4. The number of benzene rings is 2. The lowest BCUT2D eigenvalue weighted by atomic mass is 10.1. The number of carbonyl (C=O) groups is 1. The molecule has 26 heavy (non-hydrogen) atoms. The molecule has 0 fully saturated rings. The predicted octanol–water partition coefficient (Wildman–Crippen LogP) is 3.95. The van der Waals surface area contributed by atoms with Crippen LogP contribution in [-0.2, 0) is 4.79 Å². The van der Waals surface area contributed by atoms with Crippen molar-refractivity contribution in [1.82, 2.24) is 10.2 Å². The first-order chi connectivity index (χ1) is 12.7. The van der Waals surface area contributed by atoms with Crippen molar-refractivity contribution < 1.29 is 14.3 Å². The number of hydrogen-bond donors (Lipinski definition) is 2. The third-order valence-corrected chi connectivity index (χ3v) is 4.57. The van der Waals surface area contributed by atoms with E-state index in [2.05, 4.69) is 15.5 Å². The number of nitrogens with zero attached hydrogens (tertiary/aromatic N) is 1. The maximum atomic E-state index is 12.3. The van der Waals surface area contributed by atoms with Gasteiger partial charge < -0.3 is 14.8 Å². The molecule has 3 heterocycles. The van der Waals surface area contributed by atoms with Gasteiger partial charge in [-0.15, -0.1) is 0 Å². The number of nitrogens with one attached hydrogen (secondary N) is 2. The monoisotopic (exact) mass is 365 g/mol. The molecular weight excluding hydrogens is 354 g/mol. The molecule has 0 saturated heterocycles. The fourth-order valence-corrected chi connectivity index (χ4v) is 3.25. The van der Waals surface area contributed by atoms with Gasteiger partial charge in [-0.25, -0.2) is 0 Å². The van der Waals surface area contributed by atoms with E-state index in [1.807, 2.05) is 30.3 Å². The average molecular weight is 366 g/mol. The van der Waals surface area contributed by atoms with Crippen molar-refractivity contribution in [2.24, 2.45) is 0 Å². The highest BCUT2D eigenvalue weighted by Crippen LogP contribution is 2.37. The molecule has 0 aliphatic carbocycles. The highest BCUT2D eigenvalue weighted by atomic mass is 35.5. The third kappa shape index (κ3) is 2.43. The van der Waals surface area contributed by atoms with Crippen molar-refractivity contribution in [3.8, 4) is 22.8 Å². The van der Waals surface area contributed by atoms with Crippen molar-refractivity contribution in [2.45, 2.75) is 0 Å². The molecule has 7 heteroatoms. The minimum absolute atomic E-state index is 0.165. The highest BCUT2D eigenvalue weighted by Gasteiger charge is 2.24. The van der Waals surface area contributed by atoms with E-state index < -0.39 is 0 Å². The summed E-state index contributed by atoms with van der Waals surface area (Å²) in [4.78, 5) is 12.3. The number of fused-ring (bicyclic) bond motifs is 2. The van der Waals surface area contributed by atoms with E-state index in [0.717, 1.165) is 28.3 Å². The summed E-state index contributed by atoms with van der Waals surface area (Å²) in [6.45, 7) is 0.231. The smallest absolute Gasteiger partial charge is 0.256 e. The van der Waals surface area contributed by atoms with E-state index in [-0.39, 0.29) is 12.7 Å². The van der Waals surface area contributed by atoms with Crippen molar-refractivity contribution >= 4 is 34.8 Å². The molecule has 3 aromatic rings. The SMILES string of the molecule is O=C1Nc2cc(Cl)ccc2/C1=C/c1cc(-c2ccc3c(c2)OCO3)n[nH]1. The molecule has 2 N–H and O–H groups in total. The normalized spacial score (nSPS) is 16.0. The van der Waals surface area contributed by atoms with Crippen LogP contribution >= 0.6 is 11.6 Å². The van der Waals surface area contributed by atoms with Gasteiger partial charge in [0.15, 0.2) is 11.5 Å². The zero-order valence-electron chi connectivity index (χ0n) is 13.4. The van der Waals surface area contributed by atoms with Gasteiger partial charge in [0, 0.05) is 16.1 Å². The molecule has 0 unspecified atom stereocenters. The van der Waals surface area contributed by atoms with Crippen molar-refractivity contribution in [3.05, 3.63) is 58.7 Å². The Morgan fingerprint density at radius 2 is 1.96 bits per heavy atom. The third-order valence-electron chi connectivity index (χ3n) is 4.33. The Morgan fingerprint density at radius 3 is 2.88 bits per heavy atom. The number of ether oxygens (including phenoxy) is 2. The summed E-state index contributed by atoms with van der Waals surface area (Å²) in [5.41, 5.74) is 4.48. The molecule has 0 radical (unpaired) electrons. The molecule has 0 spiro atoms. The van der Waals surface area contributed by atoms with Gasteiger partial charge in [0.1, 0.15) is 0 Å². The molecule has 0 bridgehead atoms. The molecule has 1 aromatic heterocycles. The van der Waals surface area contributed by atoms with Crippen LogP contribution in [0.4, 0.5) is 5.69 Å². The number of aromatic nitrogens is 2. The number of amides is 1. The van der Waals surface area contributed by atoms with Gasteiger partial charge in [0.05, 0.1) is 22.6 Å². The molecule has 0 saturated carbocycles. The Bertz CT molecular complexity index is 1090. The Hall–Kier alpha value is -3.25. The summed E-state index contributed by atoms with van der Waals surface area (Å²) in [7, 11) is 0. The fourth-order valence-electron chi connectivity index (χ4n) is 3.08. The minimum atomic E-state index is -0.165. The zero-order valence-corrected chi connectivity index (χ0v) is 14.1. The second-order valence-electron chi connectivity index (χ2n) is 5.98. The van der Waals surface area contributed by atoms with Crippen LogP contribution in [0.1, 0.15) is 11.3 Å². The number of rotatable bonds is 2. The first-order valence-electron chi connectivity index (χ1n) is 7.96. The average Bonchev–Trinajstić information content (AvgIpc) is 3.34. The van der Waals surface area contributed by atoms with E-state index in [9.17, 15) is 4.79 Å². The summed E-state index contributed by atoms with van der Waals surface area (Å²) in [6, 6.07) is 12.9. The van der Waals surface area contributed by atoms with E-state index in [1.54, 1.807) is 18.2 Å². The minimum Gasteiger partial charge on any atom is -0.454 e. The maximum Gasteiger partial charge on any atom is 0.256 e. The molecule has 2 aromatic carbocycles. The summed E-state index contributed by atoms with van der Waals surface area (Å²) < 4.78 is 10.7. The first kappa shape index (κ1) is 15.0. The summed E-state index contributed by atoms with van der Waals surface area (Å²) in [6.07, 6.45) is 1.78. The lowest BCUT2D eigenvalue weighted by Gasteiger charge is -1.99. The molecule has 0 atom stereocenters. The molecule has 6 nitrogen and oxygen atoms in total. The molecule has 128 valence electrons. The summed E-state index contributed by atoms with van der Waals surface area (Å²) in [5.74, 6) is 1.26. The van der Waals surface area contributed by atoms with E-state index in [4.69, 9.17) is 21.1 Å². The quantitative estimate of drug-likeness (QED) is 0.674. The van der Waals surface area contributed by atoms with Crippen molar-refractivity contribution in [3.63, 3.8) is 0 Å². The van der Waals surface area contributed by atoms with Crippen LogP contribution in [0, 0.1) is 0 Å². The van der Waals surface area contributed by atoms with Crippen molar-refractivity contribution in [1.29, 1.82) is 0 Å². The number of aromatic amines is 1. The number of H-pyrrole nitrogens is 1. The number of carbonyl (C=O) groups excluding carboxylic acids is 1. The lowest BCUT2D eigenvalue weighted by Crippen LogP contribution is -2.03. The van der Waals surface area contributed by atoms with Gasteiger partial charge >= 0.3 is 0 Å². The zero-order chi connectivity index (χ0) is 17.7. The van der Waals surface area contributed by atoms with Gasteiger partial charge in [0.2, 0.25) is 6.79 Å². The standard InChI is InChI=1S/C19H12ClN3O3/c20-11-2-3-13-14(19(24)21-16(13)6-11)7-12-8-15(23-22-12)10-1-4-17-18(5-10)26-9-25-17/h1-8H,9H2,(H,21,24)(H,22,23)/b14-7-. The Morgan fingerprint density at radius 1 is 1.08 bits per heavy atom. The van der Waals surface area contributed by atoms with Crippen LogP contribution in [0.2, 0.25) is 5.02 Å². The molecule has 5 rings (SSSR count). The molecular formula is C19H12ClN3O3. The van der Waals surface area contributed by atoms with Crippen molar-refractivity contribution in [2.75, 3.05) is 12.1 Å². The van der Waals surface area contributed by atoms with E-state index in [0.29, 0.717) is 22.0 Å². The number of halogens is 1. The van der Waals surface area contributed by atoms with E-state index >= 15 is 0 Å². The van der Waals surface area contributed by atoms with Gasteiger partial charge in [-0.2, -0.15) is 5.10 Å². The van der Waals surface area contributed by atoms with Gasteiger partial charge in [0.25, 0.3) is 5.91 Å². The predicted molar refractivity (Wildman–Crippen MR) is 98.1 cm³/mol. The lowest BCUT2D eigenvalue weighted by molar-refractivity contribution is -0.110. The molecule has 1 amide bonds. The van der Waals surface area contributed by atoms with E-state index in [1.165, 1.54) is 0 Å². The van der Waals surface area contributed by atoms with Crippen LogP contribution < -0.4 is 14.8 Å². The van der Waals surface area contributed by atoms with Gasteiger partial charge in [-0.3, -0.25) is 9.89 Å². The number of anilines is 1. The van der Waals surface area contributed by atoms with Crippen LogP contribution in [0.15, 0.2) is 42.5 Å². The Balaban J connectivity index is 1.50. The topological polar surface area (TPSA) is 76.2 Å². The van der Waals surface area contributed by atoms with Gasteiger partial charge in [-0.05, 0) is 42.5 Å². The highest BCUT2D eigenvalue weighted by molar-refractivity contribution is 6.36. The molecule has 2 aliphatic rings. The van der Waals surface area contributed by atoms with Crippen LogP contribution in [0.5, 0.6) is 11.5 Å². The van der Waals surface area contributed by atoms with Crippen LogP contribution in [-0.4, -0.2) is 22.9 Å². The Kier molecular flexibility index (Phi) is 3.26. The largest absolute Gasteiger partial charge is 0.454 e. The summed E-state index contributed by atoms with van der Waals surface area (Å²) in [5, 5.41) is 10.7. The summed E-state index contributed by atoms with van der Waals surface area (Å²) >= 11 is 5.98. The maximum absolute atomic E-state index is 12.3. The second kappa shape index (κ2) is 5.64. The fraction of sp³-hybridized carbons (Fsp3) is 0.0526. The molecule has 2 aliphatic heterocycles. The van der Waals surface area contributed by atoms with Gasteiger partial charge in [-0.1, -0.05) is 17.7 Å². The van der Waals surface area contributed by atoms with Crippen LogP contribution in [0.3, 0.4) is 0 Å². The second-order valence-corrected chi connectivity index (χ2v) is 6.42.